The van der Waals surface area contributed by atoms with E-state index in [1.165, 1.54) is 6.07 Å². The Kier molecular flexibility index (Phi) is 9.84. The molecule has 0 unspecified atom stereocenters. The largest absolute Gasteiger partial charge is 0.494 e. The minimum Gasteiger partial charge on any atom is -0.494 e. The summed E-state index contributed by atoms with van der Waals surface area (Å²) in [4.78, 5) is 39.2. The lowest BCUT2D eigenvalue weighted by atomic mass is 10.1. The molecule has 0 bridgehead atoms. The zero-order chi connectivity index (χ0) is 28.6. The van der Waals surface area contributed by atoms with Gasteiger partial charge in [-0.1, -0.05) is 34.1 Å². The Bertz CT molecular complexity index is 1450. The maximum absolute atomic E-state index is 14.0. The fourth-order valence-electron chi connectivity index (χ4n) is 3.74. The van der Waals surface area contributed by atoms with Crippen molar-refractivity contribution in [3.8, 4) is 17.2 Å². The predicted molar refractivity (Wildman–Crippen MR) is 155 cm³/mol. The molecule has 1 aliphatic heterocycles. The number of amides is 3. The first-order valence-corrected chi connectivity index (χ1v) is 14.0. The second-order valence-electron chi connectivity index (χ2n) is 8.41. The lowest BCUT2D eigenvalue weighted by Crippen LogP contribution is -2.36. The third kappa shape index (κ3) is 7.22. The monoisotopic (exact) mass is 628 g/mol. The minimum atomic E-state index is -0.582. The van der Waals surface area contributed by atoms with Crippen molar-refractivity contribution in [3.63, 3.8) is 0 Å². The van der Waals surface area contributed by atoms with Crippen LogP contribution in [0.5, 0.6) is 17.2 Å². The summed E-state index contributed by atoms with van der Waals surface area (Å²) in [7, 11) is 0. The number of carbonyl (C=O) groups excluding carboxylic acids is 3. The maximum atomic E-state index is 14.0. The van der Waals surface area contributed by atoms with Crippen molar-refractivity contribution < 1.29 is 33.0 Å². The molecule has 40 heavy (non-hydrogen) atoms. The number of nitrogens with zero attached hydrogens (tertiary/aromatic N) is 1. The molecule has 0 aliphatic carbocycles. The van der Waals surface area contributed by atoms with Gasteiger partial charge in [0.15, 0.2) is 11.5 Å². The molecule has 3 amide bonds. The van der Waals surface area contributed by atoms with Crippen LogP contribution in [0.15, 0.2) is 70.0 Å². The molecule has 0 spiro atoms. The van der Waals surface area contributed by atoms with E-state index >= 15 is 0 Å². The second kappa shape index (κ2) is 13.5. The Morgan fingerprint density at radius 1 is 1.00 bits per heavy atom. The van der Waals surface area contributed by atoms with Crippen molar-refractivity contribution in [1.29, 1.82) is 0 Å². The van der Waals surface area contributed by atoms with E-state index in [0.717, 1.165) is 16.7 Å². The Balaban J connectivity index is 1.46. The van der Waals surface area contributed by atoms with Gasteiger partial charge in [-0.05, 0) is 79.7 Å². The number of ether oxygens (including phenoxy) is 3. The molecule has 1 N–H and O–H groups in total. The highest BCUT2D eigenvalue weighted by atomic mass is 79.9. The summed E-state index contributed by atoms with van der Waals surface area (Å²) in [6.45, 7) is 4.12. The number of rotatable bonds is 11. The van der Waals surface area contributed by atoms with Gasteiger partial charge >= 0.3 is 0 Å². The van der Waals surface area contributed by atoms with Gasteiger partial charge in [0.2, 0.25) is 5.91 Å². The molecule has 1 saturated heterocycles. The van der Waals surface area contributed by atoms with Crippen molar-refractivity contribution in [2.75, 3.05) is 25.1 Å². The molecule has 208 valence electrons. The number of imide groups is 1. The molecule has 1 heterocycles. The summed E-state index contributed by atoms with van der Waals surface area (Å²) in [6.07, 6.45) is 1.54. The summed E-state index contributed by atoms with van der Waals surface area (Å²) in [5.41, 5.74) is 1.47. The van der Waals surface area contributed by atoms with Crippen LogP contribution < -0.4 is 19.5 Å². The van der Waals surface area contributed by atoms with Gasteiger partial charge in [0.05, 0.1) is 18.1 Å². The lowest BCUT2D eigenvalue weighted by Gasteiger charge is -2.15. The van der Waals surface area contributed by atoms with E-state index in [0.29, 0.717) is 51.7 Å². The summed E-state index contributed by atoms with van der Waals surface area (Å²) in [6, 6.07) is 16.4. The Morgan fingerprint density at radius 3 is 2.40 bits per heavy atom. The third-order valence-electron chi connectivity index (χ3n) is 5.61. The standard InChI is InChI=1S/C29H26BrFN2O6S/c1-3-37-21-11-9-20(10-12-21)32-27(34)16-33-28(35)26(40-29(33)36)14-19-13-24(38-4-2)25(15-22(19)30)39-17-18-7-5-6-8-23(18)31/h5-15H,3-4,16-17H2,1-2H3,(H,32,34)/b26-14+. The SMILES string of the molecule is CCOc1ccc(NC(=O)CN2C(=O)S/C(=C/c3cc(OCC)c(OCc4ccccc4F)cc3Br)C2=O)cc1. The Morgan fingerprint density at radius 2 is 1.70 bits per heavy atom. The smallest absolute Gasteiger partial charge is 0.294 e. The number of hydrogen-bond acceptors (Lipinski definition) is 7. The van der Waals surface area contributed by atoms with Crippen molar-refractivity contribution >= 4 is 56.5 Å². The fourth-order valence-corrected chi connectivity index (χ4v) is 5.00. The number of hydrogen-bond donors (Lipinski definition) is 1. The van der Waals surface area contributed by atoms with Crippen molar-refractivity contribution in [1.82, 2.24) is 4.90 Å². The van der Waals surface area contributed by atoms with E-state index in [4.69, 9.17) is 14.2 Å². The zero-order valence-corrected chi connectivity index (χ0v) is 24.1. The van der Waals surface area contributed by atoms with Crippen molar-refractivity contribution in [2.24, 2.45) is 0 Å². The van der Waals surface area contributed by atoms with Crippen LogP contribution in [0.1, 0.15) is 25.0 Å². The normalized spacial score (nSPS) is 14.0. The summed E-state index contributed by atoms with van der Waals surface area (Å²) >= 11 is 4.22. The minimum absolute atomic E-state index is 0.00382. The zero-order valence-electron chi connectivity index (χ0n) is 21.7. The first-order valence-electron chi connectivity index (χ1n) is 12.4. The number of nitrogens with one attached hydrogen (secondary N) is 1. The van der Waals surface area contributed by atoms with Gasteiger partial charge in [0.1, 0.15) is 24.7 Å². The number of benzene rings is 3. The molecule has 0 saturated carbocycles. The Hall–Kier alpha value is -3.83. The topological polar surface area (TPSA) is 94.2 Å². The molecular formula is C29H26BrFN2O6S. The highest BCUT2D eigenvalue weighted by Gasteiger charge is 2.36. The van der Waals surface area contributed by atoms with Crippen LogP contribution in [-0.2, 0) is 16.2 Å². The highest BCUT2D eigenvalue weighted by molar-refractivity contribution is 9.10. The summed E-state index contributed by atoms with van der Waals surface area (Å²) in [5, 5.41) is 2.13. The molecule has 3 aromatic carbocycles. The molecule has 11 heteroatoms. The molecule has 8 nitrogen and oxygen atoms in total. The van der Waals surface area contributed by atoms with Gasteiger partial charge in [0, 0.05) is 15.7 Å². The summed E-state index contributed by atoms with van der Waals surface area (Å²) in [5.74, 6) is -0.0270. The average molecular weight is 630 g/mol. The maximum Gasteiger partial charge on any atom is 0.294 e. The van der Waals surface area contributed by atoms with Crippen LogP contribution >= 0.6 is 27.7 Å². The quantitative estimate of drug-likeness (QED) is 0.238. The highest BCUT2D eigenvalue weighted by Crippen LogP contribution is 2.38. The van der Waals surface area contributed by atoms with Gasteiger partial charge in [-0.15, -0.1) is 0 Å². The number of halogens is 2. The van der Waals surface area contributed by atoms with Crippen molar-refractivity contribution in [2.45, 2.75) is 20.5 Å². The van der Waals surface area contributed by atoms with Crippen LogP contribution in [0.2, 0.25) is 0 Å². The molecule has 3 aromatic rings. The van der Waals surface area contributed by atoms with Crippen LogP contribution in [0.4, 0.5) is 14.9 Å². The van der Waals surface area contributed by atoms with Gasteiger partial charge in [0.25, 0.3) is 11.1 Å². The Labute approximate surface area is 243 Å². The van der Waals surface area contributed by atoms with Gasteiger partial charge in [-0.25, -0.2) is 4.39 Å². The number of carbonyl (C=O) groups is 3. The molecule has 0 aromatic heterocycles. The first-order chi connectivity index (χ1) is 19.3. The van der Waals surface area contributed by atoms with Gasteiger partial charge in [-0.2, -0.15) is 0 Å². The van der Waals surface area contributed by atoms with Crippen LogP contribution in [0, 0.1) is 5.82 Å². The van der Waals surface area contributed by atoms with E-state index in [-0.39, 0.29) is 17.3 Å². The van der Waals surface area contributed by atoms with Gasteiger partial charge in [-0.3, -0.25) is 19.3 Å². The van der Waals surface area contributed by atoms with E-state index in [1.807, 2.05) is 13.8 Å². The van der Waals surface area contributed by atoms with E-state index < -0.39 is 23.6 Å². The summed E-state index contributed by atoms with van der Waals surface area (Å²) < 4.78 is 31.5. The van der Waals surface area contributed by atoms with Crippen molar-refractivity contribution in [3.05, 3.63) is 87.0 Å². The van der Waals surface area contributed by atoms with Crippen LogP contribution in [-0.4, -0.2) is 41.7 Å². The third-order valence-corrected chi connectivity index (χ3v) is 7.21. The molecular weight excluding hydrogens is 603 g/mol. The van der Waals surface area contributed by atoms with E-state index in [9.17, 15) is 18.8 Å². The van der Waals surface area contributed by atoms with E-state index in [2.05, 4.69) is 21.2 Å². The molecule has 1 fully saturated rings. The number of thioether (sulfide) groups is 1. The molecule has 1 aliphatic rings. The van der Waals surface area contributed by atoms with Crippen LogP contribution in [0.3, 0.4) is 0 Å². The fraction of sp³-hybridized carbons (Fsp3) is 0.207. The molecule has 4 rings (SSSR count). The lowest BCUT2D eigenvalue weighted by molar-refractivity contribution is -0.127. The van der Waals surface area contributed by atoms with E-state index in [1.54, 1.807) is 60.7 Å². The second-order valence-corrected chi connectivity index (χ2v) is 10.3. The molecule has 0 atom stereocenters. The van der Waals surface area contributed by atoms with Gasteiger partial charge < -0.3 is 19.5 Å². The molecule has 0 radical (unpaired) electrons. The first kappa shape index (κ1) is 29.2. The predicted octanol–water partition coefficient (Wildman–Crippen LogP) is 6.64. The van der Waals surface area contributed by atoms with Crippen LogP contribution in [0.25, 0.3) is 6.08 Å². The average Bonchev–Trinajstić information content (AvgIpc) is 3.19. The number of anilines is 1.